The highest BCUT2D eigenvalue weighted by molar-refractivity contribution is 7.99. The topological polar surface area (TPSA) is 38.9 Å². The van der Waals surface area contributed by atoms with Crippen LogP contribution in [-0.4, -0.2) is 4.98 Å². The molecule has 19 heavy (non-hydrogen) atoms. The van der Waals surface area contributed by atoms with E-state index in [2.05, 4.69) is 53.5 Å². The molecule has 0 bridgehead atoms. The molecule has 2 aromatic carbocycles. The second-order valence-electron chi connectivity index (χ2n) is 4.01. The Morgan fingerprint density at radius 2 is 1.58 bits per heavy atom. The molecular weight excluding hydrogens is 272 g/mol. The van der Waals surface area contributed by atoms with Crippen molar-refractivity contribution in [1.29, 1.82) is 0 Å². The first kappa shape index (κ1) is 12.3. The van der Waals surface area contributed by atoms with E-state index in [4.69, 9.17) is 5.73 Å². The Hall–Kier alpha value is -1.78. The van der Waals surface area contributed by atoms with Crippen LogP contribution in [-0.2, 0) is 0 Å². The van der Waals surface area contributed by atoms with Crippen molar-refractivity contribution in [2.45, 2.75) is 9.79 Å². The van der Waals surface area contributed by atoms with E-state index in [0.717, 1.165) is 11.3 Å². The standard InChI is InChI=1S/C15H12N2S2/c16-15-17-14(10-18-15)11-6-8-13(9-7-11)19-12-4-2-1-3-5-12/h1-10H,(H2,16,17). The van der Waals surface area contributed by atoms with Crippen LogP contribution in [0, 0.1) is 0 Å². The van der Waals surface area contributed by atoms with Crippen LogP contribution in [0.15, 0.2) is 69.8 Å². The van der Waals surface area contributed by atoms with Crippen molar-refractivity contribution in [3.63, 3.8) is 0 Å². The lowest BCUT2D eigenvalue weighted by Crippen LogP contribution is -1.83. The Morgan fingerprint density at radius 3 is 2.21 bits per heavy atom. The van der Waals surface area contributed by atoms with Gasteiger partial charge in [0.2, 0.25) is 0 Å². The van der Waals surface area contributed by atoms with Crippen LogP contribution >= 0.6 is 23.1 Å². The van der Waals surface area contributed by atoms with Crippen LogP contribution in [0.4, 0.5) is 5.13 Å². The third-order valence-corrected chi connectivity index (χ3v) is 4.34. The van der Waals surface area contributed by atoms with Gasteiger partial charge in [-0.25, -0.2) is 4.98 Å². The van der Waals surface area contributed by atoms with E-state index >= 15 is 0 Å². The summed E-state index contributed by atoms with van der Waals surface area (Å²) in [4.78, 5) is 6.75. The second-order valence-corrected chi connectivity index (χ2v) is 6.05. The van der Waals surface area contributed by atoms with Gasteiger partial charge in [0.1, 0.15) is 0 Å². The SMILES string of the molecule is Nc1nc(-c2ccc(Sc3ccccc3)cc2)cs1. The lowest BCUT2D eigenvalue weighted by molar-refractivity contribution is 1.37. The second kappa shape index (κ2) is 5.47. The van der Waals surface area contributed by atoms with Gasteiger partial charge in [0.15, 0.2) is 5.13 Å². The molecular formula is C15H12N2S2. The first-order chi connectivity index (χ1) is 9.31. The maximum atomic E-state index is 5.65. The maximum absolute atomic E-state index is 5.65. The van der Waals surface area contributed by atoms with Gasteiger partial charge in [-0.3, -0.25) is 0 Å². The first-order valence-corrected chi connectivity index (χ1v) is 7.55. The molecule has 0 atom stereocenters. The van der Waals surface area contributed by atoms with Gasteiger partial charge in [-0.05, 0) is 24.3 Å². The van der Waals surface area contributed by atoms with Crippen molar-refractivity contribution >= 4 is 28.2 Å². The van der Waals surface area contributed by atoms with Crippen molar-refractivity contribution in [1.82, 2.24) is 4.98 Å². The minimum Gasteiger partial charge on any atom is -0.375 e. The van der Waals surface area contributed by atoms with Crippen molar-refractivity contribution in [2.75, 3.05) is 5.73 Å². The molecule has 1 aromatic heterocycles. The Bertz CT molecular complexity index is 660. The zero-order valence-corrected chi connectivity index (χ0v) is 11.7. The Morgan fingerprint density at radius 1 is 0.895 bits per heavy atom. The molecule has 0 saturated heterocycles. The maximum Gasteiger partial charge on any atom is 0.180 e. The number of rotatable bonds is 3. The zero-order valence-electron chi connectivity index (χ0n) is 10.1. The number of benzene rings is 2. The Kier molecular flexibility index (Phi) is 3.53. The van der Waals surface area contributed by atoms with Gasteiger partial charge in [0.25, 0.3) is 0 Å². The molecule has 94 valence electrons. The Labute approximate surface area is 120 Å². The predicted octanol–water partition coefficient (Wildman–Crippen LogP) is 4.54. The molecule has 2 N–H and O–H groups in total. The molecule has 0 radical (unpaired) electrons. The van der Waals surface area contributed by atoms with E-state index in [-0.39, 0.29) is 0 Å². The Balaban J connectivity index is 1.79. The highest BCUT2D eigenvalue weighted by Gasteiger charge is 2.03. The van der Waals surface area contributed by atoms with Crippen LogP contribution in [0.2, 0.25) is 0 Å². The molecule has 2 nitrogen and oxygen atoms in total. The number of anilines is 1. The van der Waals surface area contributed by atoms with E-state index in [0.29, 0.717) is 5.13 Å². The minimum absolute atomic E-state index is 0.609. The van der Waals surface area contributed by atoms with E-state index in [1.54, 1.807) is 11.8 Å². The average Bonchev–Trinajstić information content (AvgIpc) is 2.87. The van der Waals surface area contributed by atoms with Crippen LogP contribution in [0.1, 0.15) is 0 Å². The number of aromatic nitrogens is 1. The highest BCUT2D eigenvalue weighted by atomic mass is 32.2. The summed E-state index contributed by atoms with van der Waals surface area (Å²) in [7, 11) is 0. The average molecular weight is 284 g/mol. The van der Waals surface area contributed by atoms with Gasteiger partial charge < -0.3 is 5.73 Å². The van der Waals surface area contributed by atoms with E-state index in [1.807, 2.05) is 11.4 Å². The normalized spacial score (nSPS) is 10.5. The third-order valence-electron chi connectivity index (χ3n) is 2.65. The van der Waals surface area contributed by atoms with E-state index < -0.39 is 0 Å². The van der Waals surface area contributed by atoms with Crippen LogP contribution in [0.5, 0.6) is 0 Å². The number of hydrogen-bond donors (Lipinski definition) is 1. The lowest BCUT2D eigenvalue weighted by atomic mass is 10.2. The molecule has 0 saturated carbocycles. The molecule has 4 heteroatoms. The number of nitrogens with two attached hydrogens (primary N) is 1. The summed E-state index contributed by atoms with van der Waals surface area (Å²) < 4.78 is 0. The fourth-order valence-corrected chi connectivity index (χ4v) is 3.15. The molecule has 3 rings (SSSR count). The van der Waals surface area contributed by atoms with Crippen LogP contribution in [0.3, 0.4) is 0 Å². The molecule has 0 fully saturated rings. The molecule has 0 amide bonds. The van der Waals surface area contributed by atoms with Gasteiger partial charge in [-0.1, -0.05) is 42.1 Å². The summed E-state index contributed by atoms with van der Waals surface area (Å²) >= 11 is 3.22. The number of hydrogen-bond acceptors (Lipinski definition) is 4. The fraction of sp³-hybridized carbons (Fsp3) is 0. The molecule has 1 heterocycles. The number of thiazole rings is 1. The van der Waals surface area contributed by atoms with Gasteiger partial charge in [0.05, 0.1) is 5.69 Å². The quantitative estimate of drug-likeness (QED) is 0.767. The number of nitrogen functional groups attached to an aromatic ring is 1. The lowest BCUT2D eigenvalue weighted by Gasteiger charge is -2.02. The summed E-state index contributed by atoms with van der Waals surface area (Å²) in [5.41, 5.74) is 7.70. The smallest absolute Gasteiger partial charge is 0.180 e. The van der Waals surface area contributed by atoms with Gasteiger partial charge in [0, 0.05) is 20.7 Å². The summed E-state index contributed by atoms with van der Waals surface area (Å²) in [5.74, 6) is 0. The summed E-state index contributed by atoms with van der Waals surface area (Å²) in [6.45, 7) is 0. The highest BCUT2D eigenvalue weighted by Crippen LogP contribution is 2.30. The van der Waals surface area contributed by atoms with Gasteiger partial charge >= 0.3 is 0 Å². The van der Waals surface area contributed by atoms with Gasteiger partial charge in [-0.15, -0.1) is 11.3 Å². The largest absolute Gasteiger partial charge is 0.375 e. The third kappa shape index (κ3) is 2.97. The van der Waals surface area contributed by atoms with E-state index in [1.165, 1.54) is 21.1 Å². The summed E-state index contributed by atoms with van der Waals surface area (Å²) in [6, 6.07) is 18.7. The minimum atomic E-state index is 0.609. The van der Waals surface area contributed by atoms with Crippen LogP contribution < -0.4 is 5.73 Å². The van der Waals surface area contributed by atoms with Crippen LogP contribution in [0.25, 0.3) is 11.3 Å². The summed E-state index contributed by atoms with van der Waals surface area (Å²) in [6.07, 6.45) is 0. The van der Waals surface area contributed by atoms with Crippen molar-refractivity contribution in [2.24, 2.45) is 0 Å². The number of nitrogens with zero attached hydrogens (tertiary/aromatic N) is 1. The monoisotopic (exact) mass is 284 g/mol. The molecule has 0 aliphatic carbocycles. The first-order valence-electron chi connectivity index (χ1n) is 5.85. The van der Waals surface area contributed by atoms with Crippen molar-refractivity contribution < 1.29 is 0 Å². The zero-order chi connectivity index (χ0) is 13.1. The van der Waals surface area contributed by atoms with E-state index in [9.17, 15) is 0 Å². The summed E-state index contributed by atoms with van der Waals surface area (Å²) in [5, 5.41) is 2.59. The molecule has 0 aliphatic heterocycles. The van der Waals surface area contributed by atoms with Gasteiger partial charge in [-0.2, -0.15) is 0 Å². The van der Waals surface area contributed by atoms with Crippen molar-refractivity contribution in [3.8, 4) is 11.3 Å². The molecule has 3 aromatic rings. The molecule has 0 spiro atoms. The van der Waals surface area contributed by atoms with Crippen molar-refractivity contribution in [3.05, 3.63) is 60.0 Å². The molecule has 0 aliphatic rings. The molecule has 0 unspecified atom stereocenters. The fourth-order valence-electron chi connectivity index (χ4n) is 1.74. The predicted molar refractivity (Wildman–Crippen MR) is 82.5 cm³/mol.